The lowest BCUT2D eigenvalue weighted by molar-refractivity contribution is -0.140. The van der Waals surface area contributed by atoms with Gasteiger partial charge in [-0.05, 0) is 54.7 Å². The Hall–Kier alpha value is -3.27. The first-order valence-electron chi connectivity index (χ1n) is 12.2. The van der Waals surface area contributed by atoms with Crippen molar-refractivity contribution >= 4 is 27.5 Å². The van der Waals surface area contributed by atoms with Crippen LogP contribution in [0.25, 0.3) is 0 Å². The number of nitrogens with one attached hydrogen (secondary N) is 1. The predicted octanol–water partition coefficient (Wildman–Crippen LogP) is 3.36. The SMILES string of the molecule is CC[C@H](C(=O)NCC(C)C)N(Cc1cccc(OC)c1)C(=O)CN(c1cc(C)ccc1OC)S(C)(=O)=O. The molecule has 0 spiro atoms. The van der Waals surface area contributed by atoms with E-state index in [-0.39, 0.29) is 24.1 Å². The second-order valence-electron chi connectivity index (χ2n) is 9.38. The van der Waals surface area contributed by atoms with Crippen LogP contribution in [0.15, 0.2) is 42.5 Å². The molecule has 0 saturated carbocycles. The number of carbonyl (C=O) groups is 2. The third kappa shape index (κ3) is 8.38. The lowest BCUT2D eigenvalue weighted by Crippen LogP contribution is -2.52. The van der Waals surface area contributed by atoms with Crippen molar-refractivity contribution in [3.05, 3.63) is 53.6 Å². The molecule has 2 amide bonds. The topological polar surface area (TPSA) is 105 Å². The maximum atomic E-state index is 13.8. The van der Waals surface area contributed by atoms with E-state index in [4.69, 9.17) is 9.47 Å². The number of nitrogens with zero attached hydrogens (tertiary/aromatic N) is 2. The number of anilines is 1. The van der Waals surface area contributed by atoms with Gasteiger partial charge in [-0.3, -0.25) is 13.9 Å². The second-order valence-corrected chi connectivity index (χ2v) is 11.3. The quantitative estimate of drug-likeness (QED) is 0.423. The predicted molar refractivity (Wildman–Crippen MR) is 145 cm³/mol. The fourth-order valence-corrected chi connectivity index (χ4v) is 4.74. The summed E-state index contributed by atoms with van der Waals surface area (Å²) < 4.78 is 37.5. The van der Waals surface area contributed by atoms with Gasteiger partial charge in [0.1, 0.15) is 24.1 Å². The molecule has 2 rings (SSSR count). The zero-order valence-corrected chi connectivity index (χ0v) is 23.6. The minimum absolute atomic E-state index is 0.103. The highest BCUT2D eigenvalue weighted by Gasteiger charge is 2.32. The van der Waals surface area contributed by atoms with Crippen LogP contribution in [0.3, 0.4) is 0 Å². The van der Waals surface area contributed by atoms with Crippen molar-refractivity contribution in [2.24, 2.45) is 5.92 Å². The van der Waals surface area contributed by atoms with E-state index < -0.39 is 28.5 Å². The molecule has 10 heteroatoms. The Kier molecular flexibility index (Phi) is 10.8. The number of ether oxygens (including phenoxy) is 2. The molecule has 37 heavy (non-hydrogen) atoms. The number of methoxy groups -OCH3 is 2. The summed E-state index contributed by atoms with van der Waals surface area (Å²) in [4.78, 5) is 28.4. The summed E-state index contributed by atoms with van der Waals surface area (Å²) in [6.07, 6.45) is 1.40. The van der Waals surface area contributed by atoms with Crippen molar-refractivity contribution < 1.29 is 27.5 Å². The molecule has 0 aliphatic rings. The van der Waals surface area contributed by atoms with Crippen LogP contribution in [0, 0.1) is 12.8 Å². The Bertz CT molecular complexity index is 1180. The number of amides is 2. The van der Waals surface area contributed by atoms with E-state index in [9.17, 15) is 18.0 Å². The lowest BCUT2D eigenvalue weighted by Gasteiger charge is -2.33. The molecular weight excluding hydrogens is 494 g/mol. The molecule has 9 nitrogen and oxygen atoms in total. The molecule has 0 heterocycles. The molecule has 0 bridgehead atoms. The van der Waals surface area contributed by atoms with Gasteiger partial charge < -0.3 is 19.7 Å². The minimum atomic E-state index is -3.87. The Morgan fingerprint density at radius 3 is 2.32 bits per heavy atom. The van der Waals surface area contributed by atoms with E-state index in [1.165, 1.54) is 12.0 Å². The van der Waals surface area contributed by atoms with E-state index in [2.05, 4.69) is 5.32 Å². The monoisotopic (exact) mass is 533 g/mol. The molecule has 0 saturated heterocycles. The molecule has 0 fully saturated rings. The number of carbonyl (C=O) groups excluding carboxylic acids is 2. The van der Waals surface area contributed by atoms with E-state index in [0.717, 1.165) is 21.7 Å². The Labute approximate surface area is 220 Å². The highest BCUT2D eigenvalue weighted by molar-refractivity contribution is 7.92. The van der Waals surface area contributed by atoms with Crippen molar-refractivity contribution in [1.82, 2.24) is 10.2 Å². The van der Waals surface area contributed by atoms with Crippen LogP contribution in [0.1, 0.15) is 38.3 Å². The summed E-state index contributed by atoms with van der Waals surface area (Å²) in [5.74, 6) is 0.377. The highest BCUT2D eigenvalue weighted by Crippen LogP contribution is 2.31. The molecule has 0 aliphatic carbocycles. The van der Waals surface area contributed by atoms with Crippen LogP contribution >= 0.6 is 0 Å². The third-order valence-corrected chi connectivity index (χ3v) is 6.97. The molecule has 1 N–H and O–H groups in total. The first-order chi connectivity index (χ1) is 17.4. The van der Waals surface area contributed by atoms with Gasteiger partial charge in [-0.25, -0.2) is 8.42 Å². The van der Waals surface area contributed by atoms with Gasteiger partial charge >= 0.3 is 0 Å². The van der Waals surface area contributed by atoms with Crippen molar-refractivity contribution in [3.63, 3.8) is 0 Å². The van der Waals surface area contributed by atoms with Crippen molar-refractivity contribution in [1.29, 1.82) is 0 Å². The summed E-state index contributed by atoms with van der Waals surface area (Å²) in [5, 5.41) is 2.91. The molecule has 0 aliphatic heterocycles. The Morgan fingerprint density at radius 2 is 1.76 bits per heavy atom. The maximum Gasteiger partial charge on any atom is 0.244 e. The van der Waals surface area contributed by atoms with Crippen LogP contribution in [-0.2, 0) is 26.2 Å². The highest BCUT2D eigenvalue weighted by atomic mass is 32.2. The summed E-state index contributed by atoms with van der Waals surface area (Å²) >= 11 is 0. The number of benzene rings is 2. The smallest absolute Gasteiger partial charge is 0.244 e. The molecule has 0 aromatic heterocycles. The zero-order valence-electron chi connectivity index (χ0n) is 22.8. The van der Waals surface area contributed by atoms with Crippen LogP contribution < -0.4 is 19.1 Å². The Balaban J connectivity index is 2.51. The van der Waals surface area contributed by atoms with Gasteiger partial charge in [0.2, 0.25) is 21.8 Å². The average molecular weight is 534 g/mol. The summed E-state index contributed by atoms with van der Waals surface area (Å²) in [6.45, 7) is 7.70. The summed E-state index contributed by atoms with van der Waals surface area (Å²) in [7, 11) is -0.875. The van der Waals surface area contributed by atoms with Gasteiger partial charge in [-0.2, -0.15) is 0 Å². The van der Waals surface area contributed by atoms with Crippen molar-refractivity contribution in [3.8, 4) is 11.5 Å². The standard InChI is InChI=1S/C27H39N3O6S/c1-8-23(27(32)28-16-19(2)3)29(17-21-10-9-11-22(15-21)35-5)26(31)18-30(37(7,33)34)24-14-20(4)12-13-25(24)36-6/h9-15,19,23H,8,16-18H2,1-7H3,(H,28,32)/t23-/m1/s1. The number of sulfonamides is 1. The fraction of sp³-hybridized carbons (Fsp3) is 0.481. The normalized spacial score (nSPS) is 12.1. The van der Waals surface area contributed by atoms with E-state index in [1.807, 2.05) is 33.8 Å². The van der Waals surface area contributed by atoms with Gasteiger partial charge in [0.15, 0.2) is 0 Å². The van der Waals surface area contributed by atoms with Crippen LogP contribution in [0.4, 0.5) is 5.69 Å². The maximum absolute atomic E-state index is 13.8. The largest absolute Gasteiger partial charge is 0.497 e. The molecule has 1 atom stereocenters. The van der Waals surface area contributed by atoms with Gasteiger partial charge in [0.05, 0.1) is 26.2 Å². The van der Waals surface area contributed by atoms with Gasteiger partial charge in [0, 0.05) is 13.1 Å². The molecular formula is C27H39N3O6S. The van der Waals surface area contributed by atoms with E-state index >= 15 is 0 Å². The summed E-state index contributed by atoms with van der Waals surface area (Å²) in [6, 6.07) is 11.5. The number of hydrogen-bond donors (Lipinski definition) is 1. The zero-order chi connectivity index (χ0) is 27.8. The van der Waals surface area contributed by atoms with Gasteiger partial charge in [-0.1, -0.05) is 39.0 Å². The second kappa shape index (κ2) is 13.3. The van der Waals surface area contributed by atoms with Crippen LogP contribution in [0.5, 0.6) is 11.5 Å². The molecule has 0 unspecified atom stereocenters. The first-order valence-corrected chi connectivity index (χ1v) is 14.1. The molecule has 204 valence electrons. The fourth-order valence-electron chi connectivity index (χ4n) is 3.90. The Morgan fingerprint density at radius 1 is 1.05 bits per heavy atom. The summed E-state index contributed by atoms with van der Waals surface area (Å²) in [5.41, 5.74) is 1.82. The van der Waals surface area contributed by atoms with Crippen LogP contribution in [0.2, 0.25) is 0 Å². The molecule has 0 radical (unpaired) electrons. The number of hydrogen-bond acceptors (Lipinski definition) is 6. The van der Waals surface area contributed by atoms with Crippen molar-refractivity contribution in [2.75, 3.05) is 37.9 Å². The number of aryl methyl sites for hydroxylation is 1. The van der Waals surface area contributed by atoms with Crippen LogP contribution in [-0.4, -0.2) is 64.7 Å². The average Bonchev–Trinajstić information content (AvgIpc) is 2.85. The third-order valence-electron chi connectivity index (χ3n) is 5.84. The molecule has 2 aromatic rings. The van der Waals surface area contributed by atoms with Gasteiger partial charge in [0.25, 0.3) is 0 Å². The van der Waals surface area contributed by atoms with E-state index in [1.54, 1.807) is 43.5 Å². The number of rotatable bonds is 13. The van der Waals surface area contributed by atoms with Gasteiger partial charge in [-0.15, -0.1) is 0 Å². The van der Waals surface area contributed by atoms with Crippen molar-refractivity contribution in [2.45, 2.75) is 46.7 Å². The minimum Gasteiger partial charge on any atom is -0.497 e. The lowest BCUT2D eigenvalue weighted by atomic mass is 10.1. The first kappa shape index (κ1) is 30.0. The van der Waals surface area contributed by atoms with E-state index in [0.29, 0.717) is 24.5 Å². The molecule has 2 aromatic carbocycles.